The maximum Gasteiger partial charge on any atom is 0.276 e. The van der Waals surface area contributed by atoms with Crippen LogP contribution in [0.1, 0.15) is 56.0 Å². The molecular weight excluding hydrogens is 368 g/mol. The summed E-state index contributed by atoms with van der Waals surface area (Å²) >= 11 is 0. The van der Waals surface area contributed by atoms with E-state index in [0.29, 0.717) is 35.5 Å². The van der Waals surface area contributed by atoms with E-state index in [0.717, 1.165) is 12.0 Å². The Hall–Kier alpha value is -3.02. The standard InChI is InChI=1S/C23H30N2O4/c1-5-17(4)18-10-6-8-12-20(18)29-15-22(26)24-25-23(27)19-11-7-9-13-21(19)28-14-16(2)3/h6-13,16-17H,5,14-15H2,1-4H3,(H,24,26)(H,25,27). The number of hydrogen-bond donors (Lipinski definition) is 2. The van der Waals surface area contributed by atoms with E-state index in [9.17, 15) is 9.59 Å². The van der Waals surface area contributed by atoms with Gasteiger partial charge in [0.1, 0.15) is 11.5 Å². The van der Waals surface area contributed by atoms with Gasteiger partial charge in [-0.25, -0.2) is 0 Å². The van der Waals surface area contributed by atoms with Crippen LogP contribution in [-0.4, -0.2) is 25.0 Å². The van der Waals surface area contributed by atoms with Gasteiger partial charge in [0.2, 0.25) is 0 Å². The number of carbonyl (C=O) groups excluding carboxylic acids is 2. The van der Waals surface area contributed by atoms with Crippen molar-refractivity contribution < 1.29 is 19.1 Å². The first-order valence-corrected chi connectivity index (χ1v) is 9.95. The van der Waals surface area contributed by atoms with Gasteiger partial charge in [-0.2, -0.15) is 0 Å². The second-order valence-corrected chi connectivity index (χ2v) is 7.34. The van der Waals surface area contributed by atoms with E-state index >= 15 is 0 Å². The highest BCUT2D eigenvalue weighted by Gasteiger charge is 2.15. The smallest absolute Gasteiger partial charge is 0.276 e. The Kier molecular flexibility index (Phi) is 8.52. The van der Waals surface area contributed by atoms with Crippen LogP contribution in [0.25, 0.3) is 0 Å². The lowest BCUT2D eigenvalue weighted by Gasteiger charge is -2.16. The average molecular weight is 399 g/mol. The van der Waals surface area contributed by atoms with Gasteiger partial charge in [0.05, 0.1) is 12.2 Å². The molecule has 0 aliphatic rings. The van der Waals surface area contributed by atoms with E-state index in [1.807, 2.05) is 38.1 Å². The number of benzene rings is 2. The third-order valence-electron chi connectivity index (χ3n) is 4.44. The number of rotatable bonds is 9. The van der Waals surface area contributed by atoms with E-state index < -0.39 is 11.8 Å². The number of hydrogen-bond acceptors (Lipinski definition) is 4. The molecule has 2 aromatic rings. The highest BCUT2D eigenvalue weighted by molar-refractivity contribution is 5.97. The van der Waals surface area contributed by atoms with Gasteiger partial charge < -0.3 is 9.47 Å². The molecule has 0 bridgehead atoms. The van der Waals surface area contributed by atoms with Crippen molar-refractivity contribution in [2.75, 3.05) is 13.2 Å². The molecule has 0 saturated heterocycles. The summed E-state index contributed by atoms with van der Waals surface area (Å²) in [6.07, 6.45) is 0.973. The first-order valence-electron chi connectivity index (χ1n) is 9.95. The quantitative estimate of drug-likeness (QED) is 0.624. The van der Waals surface area contributed by atoms with Crippen LogP contribution in [0.15, 0.2) is 48.5 Å². The molecule has 1 unspecified atom stereocenters. The van der Waals surface area contributed by atoms with Crippen molar-refractivity contribution >= 4 is 11.8 Å². The van der Waals surface area contributed by atoms with E-state index in [4.69, 9.17) is 9.47 Å². The maximum absolute atomic E-state index is 12.4. The fourth-order valence-electron chi connectivity index (χ4n) is 2.65. The number of ether oxygens (including phenoxy) is 2. The Morgan fingerprint density at radius 3 is 2.24 bits per heavy atom. The molecule has 29 heavy (non-hydrogen) atoms. The van der Waals surface area contributed by atoms with Gasteiger partial charge in [-0.1, -0.05) is 58.0 Å². The highest BCUT2D eigenvalue weighted by Crippen LogP contribution is 2.28. The minimum atomic E-state index is -0.447. The Labute approximate surface area is 172 Å². The van der Waals surface area contributed by atoms with Gasteiger partial charge in [0.15, 0.2) is 6.61 Å². The van der Waals surface area contributed by atoms with Gasteiger partial charge in [0, 0.05) is 0 Å². The average Bonchev–Trinajstić information content (AvgIpc) is 2.74. The molecule has 0 aliphatic carbocycles. The topological polar surface area (TPSA) is 76.7 Å². The molecule has 0 aromatic heterocycles. The number of amides is 2. The minimum Gasteiger partial charge on any atom is -0.492 e. The Balaban J connectivity index is 1.90. The Morgan fingerprint density at radius 1 is 0.897 bits per heavy atom. The van der Waals surface area contributed by atoms with E-state index in [-0.39, 0.29) is 6.61 Å². The first-order chi connectivity index (χ1) is 13.9. The molecule has 6 heteroatoms. The Bertz CT molecular complexity index is 820. The predicted octanol–water partition coefficient (Wildman–Crippen LogP) is 4.07. The zero-order chi connectivity index (χ0) is 21.2. The third kappa shape index (κ3) is 6.82. The third-order valence-corrected chi connectivity index (χ3v) is 4.44. The SMILES string of the molecule is CCC(C)c1ccccc1OCC(=O)NNC(=O)c1ccccc1OCC(C)C. The maximum atomic E-state index is 12.4. The Morgan fingerprint density at radius 2 is 1.55 bits per heavy atom. The van der Waals surface area contributed by atoms with Crippen LogP contribution in [0.2, 0.25) is 0 Å². The van der Waals surface area contributed by atoms with Crippen LogP contribution < -0.4 is 20.3 Å². The molecule has 0 fully saturated rings. The molecule has 2 rings (SSSR count). The molecule has 0 aliphatic heterocycles. The normalized spacial score (nSPS) is 11.6. The molecule has 0 heterocycles. The summed E-state index contributed by atoms with van der Waals surface area (Å²) in [6.45, 7) is 8.58. The van der Waals surface area contributed by atoms with Gasteiger partial charge in [-0.05, 0) is 42.0 Å². The van der Waals surface area contributed by atoms with Crippen molar-refractivity contribution in [3.63, 3.8) is 0 Å². The van der Waals surface area contributed by atoms with Gasteiger partial charge >= 0.3 is 0 Å². The molecule has 2 amide bonds. The summed E-state index contributed by atoms with van der Waals surface area (Å²) < 4.78 is 11.3. The summed E-state index contributed by atoms with van der Waals surface area (Å²) in [5.74, 6) is 0.926. The van der Waals surface area contributed by atoms with Crippen LogP contribution in [0.3, 0.4) is 0 Å². The van der Waals surface area contributed by atoms with E-state index in [1.54, 1.807) is 24.3 Å². The zero-order valence-electron chi connectivity index (χ0n) is 17.5. The summed E-state index contributed by atoms with van der Waals surface area (Å²) in [5.41, 5.74) is 6.22. The van der Waals surface area contributed by atoms with Crippen LogP contribution in [0, 0.1) is 5.92 Å². The summed E-state index contributed by atoms with van der Waals surface area (Å²) in [7, 11) is 0. The molecule has 1 atom stereocenters. The lowest BCUT2D eigenvalue weighted by Crippen LogP contribution is -2.44. The van der Waals surface area contributed by atoms with Crippen molar-refractivity contribution in [3.05, 3.63) is 59.7 Å². The fourth-order valence-corrected chi connectivity index (χ4v) is 2.65. The fraction of sp³-hybridized carbons (Fsp3) is 0.391. The predicted molar refractivity (Wildman–Crippen MR) is 113 cm³/mol. The summed E-state index contributed by atoms with van der Waals surface area (Å²) in [4.78, 5) is 24.5. The van der Waals surface area contributed by atoms with Crippen LogP contribution in [-0.2, 0) is 4.79 Å². The van der Waals surface area contributed by atoms with Gasteiger partial charge in [-0.15, -0.1) is 0 Å². The molecular formula is C23H30N2O4. The van der Waals surface area contributed by atoms with Crippen molar-refractivity contribution in [2.24, 2.45) is 5.92 Å². The van der Waals surface area contributed by atoms with Crippen molar-refractivity contribution in [1.29, 1.82) is 0 Å². The van der Waals surface area contributed by atoms with Crippen molar-refractivity contribution in [2.45, 2.75) is 40.0 Å². The summed E-state index contributed by atoms with van der Waals surface area (Å²) in [6, 6.07) is 14.6. The zero-order valence-corrected chi connectivity index (χ0v) is 17.5. The molecule has 0 radical (unpaired) electrons. The van der Waals surface area contributed by atoms with Crippen LogP contribution in [0.4, 0.5) is 0 Å². The van der Waals surface area contributed by atoms with Gasteiger partial charge in [-0.3, -0.25) is 20.4 Å². The van der Waals surface area contributed by atoms with E-state index in [2.05, 4.69) is 24.7 Å². The molecule has 0 spiro atoms. The summed E-state index contributed by atoms with van der Waals surface area (Å²) in [5, 5.41) is 0. The molecule has 156 valence electrons. The lowest BCUT2D eigenvalue weighted by atomic mass is 9.98. The lowest BCUT2D eigenvalue weighted by molar-refractivity contribution is -0.123. The monoisotopic (exact) mass is 398 g/mol. The number of nitrogens with one attached hydrogen (secondary N) is 2. The van der Waals surface area contributed by atoms with Crippen LogP contribution >= 0.6 is 0 Å². The molecule has 2 aromatic carbocycles. The molecule has 0 saturated carbocycles. The minimum absolute atomic E-state index is 0.195. The number of hydrazine groups is 1. The number of carbonyl (C=O) groups is 2. The first kappa shape index (κ1) is 22.3. The highest BCUT2D eigenvalue weighted by atomic mass is 16.5. The second kappa shape index (κ2) is 11.1. The van der Waals surface area contributed by atoms with Gasteiger partial charge in [0.25, 0.3) is 11.8 Å². The molecule has 6 nitrogen and oxygen atoms in total. The van der Waals surface area contributed by atoms with E-state index in [1.165, 1.54) is 0 Å². The second-order valence-electron chi connectivity index (χ2n) is 7.34. The van der Waals surface area contributed by atoms with Crippen molar-refractivity contribution in [1.82, 2.24) is 10.9 Å². The molecule has 2 N–H and O–H groups in total. The van der Waals surface area contributed by atoms with Crippen molar-refractivity contribution in [3.8, 4) is 11.5 Å². The number of para-hydroxylation sites is 2. The van der Waals surface area contributed by atoms with Crippen LogP contribution in [0.5, 0.6) is 11.5 Å². The largest absolute Gasteiger partial charge is 0.492 e.